The van der Waals surface area contributed by atoms with Gasteiger partial charge in [0.15, 0.2) is 0 Å². The Morgan fingerprint density at radius 2 is 2.00 bits per heavy atom. The van der Waals surface area contributed by atoms with E-state index in [0.29, 0.717) is 19.4 Å². The summed E-state index contributed by atoms with van der Waals surface area (Å²) in [4.78, 5) is 16.6. The molecule has 0 spiro atoms. The van der Waals surface area contributed by atoms with Crippen molar-refractivity contribution in [3.8, 4) is 24.2 Å². The monoisotopic (exact) mass is 412 g/mol. The fourth-order valence-electron chi connectivity index (χ4n) is 1.36. The molecule has 12 heteroatoms. The van der Waals surface area contributed by atoms with E-state index in [4.69, 9.17) is 49.9 Å². The molecule has 0 saturated heterocycles. The number of halogens is 2. The average molecular weight is 413 g/mol. The van der Waals surface area contributed by atoms with E-state index >= 15 is 0 Å². The van der Waals surface area contributed by atoms with Crippen LogP contribution < -0.4 is 5.50 Å². The standard InChI is InChI=1S/C7H15Cl2N2O3P.C6H4N2O2/c8-2-4-11(5-3-9)15(10,13)14-7-1-6-12;1-2-4-3-7-6(10)8-5(4)9/h6H,1-5,7H2,(H2,10,13);1,3H,(H2,7,8,9,10). The van der Waals surface area contributed by atoms with Gasteiger partial charge in [0.2, 0.25) is 5.88 Å². The van der Waals surface area contributed by atoms with Gasteiger partial charge in [0.25, 0.3) is 0 Å². The number of rotatable bonds is 9. The zero-order valence-corrected chi connectivity index (χ0v) is 15.6. The lowest BCUT2D eigenvalue weighted by molar-refractivity contribution is -0.108. The number of hydrogen-bond acceptors (Lipinski definition) is 7. The molecule has 0 bridgehead atoms. The van der Waals surface area contributed by atoms with Gasteiger partial charge in [-0.05, 0) is 0 Å². The molecule has 25 heavy (non-hydrogen) atoms. The van der Waals surface area contributed by atoms with Gasteiger partial charge >= 0.3 is 13.7 Å². The predicted octanol–water partition coefficient (Wildman–Crippen LogP) is 1.31. The molecular weight excluding hydrogens is 394 g/mol. The number of carbonyl (C=O) groups excluding carboxylic acids is 1. The number of nitrogens with zero attached hydrogens (tertiary/aromatic N) is 3. The fraction of sp³-hybridized carbons (Fsp3) is 0.462. The van der Waals surface area contributed by atoms with Crippen molar-refractivity contribution in [3.63, 3.8) is 0 Å². The number of alkyl halides is 2. The third kappa shape index (κ3) is 9.60. The maximum absolute atomic E-state index is 11.8. The molecule has 140 valence electrons. The molecule has 0 radical (unpaired) electrons. The molecule has 1 aromatic rings. The number of aromatic nitrogens is 2. The summed E-state index contributed by atoms with van der Waals surface area (Å²) < 4.78 is 18.2. The minimum Gasteiger partial charge on any atom is -0.492 e. The molecule has 1 atom stereocenters. The maximum Gasteiger partial charge on any atom is 0.340 e. The Hall–Kier alpha value is -1.40. The lowest BCUT2D eigenvalue weighted by Gasteiger charge is -2.26. The molecule has 9 nitrogen and oxygen atoms in total. The van der Waals surface area contributed by atoms with Gasteiger partial charge in [0.05, 0.1) is 12.8 Å². The minimum absolute atomic E-state index is 0.0400. The van der Waals surface area contributed by atoms with Gasteiger partial charge < -0.3 is 19.5 Å². The average Bonchev–Trinajstić information content (AvgIpc) is 2.55. The molecule has 1 heterocycles. The largest absolute Gasteiger partial charge is 0.492 e. The van der Waals surface area contributed by atoms with Crippen molar-refractivity contribution in [2.24, 2.45) is 5.50 Å². The number of hydrogen-bond donors (Lipinski definition) is 3. The van der Waals surface area contributed by atoms with Crippen LogP contribution >= 0.6 is 30.9 Å². The lowest BCUT2D eigenvalue weighted by Crippen LogP contribution is -2.29. The van der Waals surface area contributed by atoms with Crippen molar-refractivity contribution in [2.45, 2.75) is 6.42 Å². The highest BCUT2D eigenvalue weighted by Gasteiger charge is 2.26. The van der Waals surface area contributed by atoms with Crippen LogP contribution in [0.15, 0.2) is 6.20 Å². The van der Waals surface area contributed by atoms with Crippen molar-refractivity contribution in [1.82, 2.24) is 14.6 Å². The van der Waals surface area contributed by atoms with Gasteiger partial charge in [-0.25, -0.2) is 15.2 Å². The highest BCUT2D eigenvalue weighted by atomic mass is 35.5. The summed E-state index contributed by atoms with van der Waals surface area (Å²) in [6.07, 6.45) is 6.93. The Morgan fingerprint density at radius 1 is 1.40 bits per heavy atom. The predicted molar refractivity (Wildman–Crippen MR) is 94.7 cm³/mol. The summed E-state index contributed by atoms with van der Waals surface area (Å²) >= 11 is 11.1. The van der Waals surface area contributed by atoms with Crippen LogP contribution in [0.5, 0.6) is 11.9 Å². The summed E-state index contributed by atoms with van der Waals surface area (Å²) in [5, 5.41) is 17.4. The number of carbonyl (C=O) groups is 1. The molecule has 0 aliphatic carbocycles. The third-order valence-corrected chi connectivity index (χ3v) is 4.58. The van der Waals surface area contributed by atoms with E-state index < -0.39 is 13.7 Å². The molecule has 1 rings (SSSR count). The maximum atomic E-state index is 11.8. The van der Waals surface area contributed by atoms with Gasteiger partial charge in [-0.2, -0.15) is 4.98 Å². The van der Waals surface area contributed by atoms with Crippen LogP contribution in [0.2, 0.25) is 0 Å². The van der Waals surface area contributed by atoms with Gasteiger partial charge in [0, 0.05) is 31.3 Å². The first-order valence-electron chi connectivity index (χ1n) is 6.88. The van der Waals surface area contributed by atoms with E-state index in [-0.39, 0.29) is 36.2 Å². The topological polar surface area (TPSA) is 139 Å². The first kappa shape index (κ1) is 23.6. The van der Waals surface area contributed by atoms with E-state index in [1.165, 1.54) is 4.67 Å². The fourth-order valence-corrected chi connectivity index (χ4v) is 3.30. The van der Waals surface area contributed by atoms with E-state index in [1.54, 1.807) is 0 Å². The molecule has 1 aromatic heterocycles. The van der Waals surface area contributed by atoms with Crippen LogP contribution in [0, 0.1) is 12.3 Å². The Morgan fingerprint density at radius 3 is 2.44 bits per heavy atom. The van der Waals surface area contributed by atoms with Crippen molar-refractivity contribution in [1.29, 1.82) is 0 Å². The lowest BCUT2D eigenvalue weighted by atomic mass is 10.3. The van der Waals surface area contributed by atoms with Gasteiger partial charge in [-0.3, -0.25) is 4.57 Å². The molecule has 1 unspecified atom stereocenters. The summed E-state index contributed by atoms with van der Waals surface area (Å²) in [7, 11) is -3.36. The number of terminal acetylenes is 1. The molecule has 0 fully saturated rings. The summed E-state index contributed by atoms with van der Waals surface area (Å²) in [5.41, 5.74) is 5.66. The van der Waals surface area contributed by atoms with Crippen LogP contribution in [0.4, 0.5) is 0 Å². The highest BCUT2D eigenvalue weighted by Crippen LogP contribution is 2.42. The van der Waals surface area contributed by atoms with Crippen molar-refractivity contribution in [2.75, 3.05) is 31.5 Å². The van der Waals surface area contributed by atoms with Gasteiger partial charge in [0.1, 0.15) is 11.8 Å². The molecule has 0 saturated carbocycles. The number of aromatic hydroxyl groups is 2. The molecule has 0 aromatic carbocycles. The SMILES string of the molecule is C#Cc1cnc(O)nc1O.NP(=O)(OCCC=O)N(CCCl)CCCl. The van der Waals surface area contributed by atoms with E-state index in [9.17, 15) is 9.36 Å². The van der Waals surface area contributed by atoms with E-state index in [2.05, 4.69) is 15.9 Å². The van der Waals surface area contributed by atoms with E-state index in [0.717, 1.165) is 6.20 Å². The molecular formula is C13H19Cl2N4O5P. The molecule has 0 amide bonds. The summed E-state index contributed by atoms with van der Waals surface area (Å²) in [6, 6.07) is -0.489. The Balaban J connectivity index is 0.000000496. The van der Waals surface area contributed by atoms with Crippen molar-refractivity contribution < 1.29 is 24.1 Å². The minimum atomic E-state index is -3.36. The second-order valence-electron chi connectivity index (χ2n) is 4.24. The number of nitrogens with two attached hydrogens (primary N) is 1. The van der Waals surface area contributed by atoms with Crippen molar-refractivity contribution >= 4 is 37.2 Å². The van der Waals surface area contributed by atoms with Gasteiger partial charge in [-0.1, -0.05) is 5.92 Å². The Labute approximate surface area is 155 Å². The Kier molecular flexibility index (Phi) is 12.2. The van der Waals surface area contributed by atoms with E-state index in [1.807, 2.05) is 0 Å². The highest BCUT2D eigenvalue weighted by molar-refractivity contribution is 7.53. The van der Waals surface area contributed by atoms with Gasteiger partial charge in [-0.15, -0.1) is 29.6 Å². The zero-order valence-electron chi connectivity index (χ0n) is 13.2. The normalized spacial score (nSPS) is 12.6. The quantitative estimate of drug-likeness (QED) is 0.180. The smallest absolute Gasteiger partial charge is 0.340 e. The Bertz CT molecular complexity index is 623. The first-order chi connectivity index (χ1) is 11.8. The van der Waals surface area contributed by atoms with Crippen molar-refractivity contribution in [3.05, 3.63) is 11.8 Å². The summed E-state index contributed by atoms with van der Waals surface area (Å²) in [5.74, 6) is 2.33. The van der Waals surface area contributed by atoms with Crippen LogP contribution in [-0.2, 0) is 13.9 Å². The second kappa shape index (κ2) is 12.9. The second-order valence-corrected chi connectivity index (χ2v) is 6.94. The van der Waals surface area contributed by atoms with Crippen LogP contribution in [0.3, 0.4) is 0 Å². The first-order valence-corrected chi connectivity index (χ1v) is 9.59. The van der Waals surface area contributed by atoms with Crippen LogP contribution in [0.1, 0.15) is 12.0 Å². The number of aldehydes is 1. The third-order valence-electron chi connectivity index (χ3n) is 2.50. The van der Waals surface area contributed by atoms with Crippen LogP contribution in [0.25, 0.3) is 0 Å². The summed E-state index contributed by atoms with van der Waals surface area (Å²) in [6.45, 7) is 0.713. The van der Waals surface area contributed by atoms with Crippen LogP contribution in [-0.4, -0.2) is 62.6 Å². The zero-order chi connectivity index (χ0) is 19.3. The molecule has 0 aliphatic rings. The molecule has 0 aliphatic heterocycles. The molecule has 4 N–H and O–H groups in total.